The van der Waals surface area contributed by atoms with Crippen molar-refractivity contribution in [1.82, 2.24) is 4.57 Å². The summed E-state index contributed by atoms with van der Waals surface area (Å²) in [5, 5.41) is 19.2. The summed E-state index contributed by atoms with van der Waals surface area (Å²) in [4.78, 5) is 16.2. The highest BCUT2D eigenvalue weighted by molar-refractivity contribution is 5.87. The summed E-state index contributed by atoms with van der Waals surface area (Å²) < 4.78 is 1.05. The molecule has 0 radical (unpaired) electrons. The Morgan fingerprint density at radius 2 is 2.00 bits per heavy atom. The summed E-state index contributed by atoms with van der Waals surface area (Å²) in [5.74, 6) is -0.199. The van der Waals surface area contributed by atoms with E-state index in [1.807, 2.05) is 30.3 Å². The van der Waals surface area contributed by atoms with Crippen LogP contribution in [0.25, 0.3) is 0 Å². The van der Waals surface area contributed by atoms with Gasteiger partial charge < -0.3 is 5.11 Å². The molecule has 1 heterocycles. The monoisotopic (exact) mass is 295 g/mol. The Bertz CT molecular complexity index is 825. The van der Waals surface area contributed by atoms with Crippen molar-refractivity contribution in [2.24, 2.45) is 12.0 Å². The Morgan fingerprint density at radius 1 is 1.36 bits per heavy atom. The number of aryl methyl sites for hydroxylation is 1. The number of hydrogen-bond acceptors (Lipinski definition) is 4. The van der Waals surface area contributed by atoms with Gasteiger partial charge in [0, 0.05) is 13.3 Å². The van der Waals surface area contributed by atoms with Crippen LogP contribution in [-0.2, 0) is 13.5 Å². The molecule has 1 aromatic heterocycles. The van der Waals surface area contributed by atoms with E-state index in [1.54, 1.807) is 6.92 Å². The molecule has 5 nitrogen and oxygen atoms in total. The highest BCUT2D eigenvalue weighted by atomic mass is 16.3. The molecule has 112 valence electrons. The molecule has 0 unspecified atom stereocenters. The number of aliphatic imine (C=N–C) groups is 1. The van der Waals surface area contributed by atoms with E-state index in [0.29, 0.717) is 11.1 Å². The molecule has 2 rings (SSSR count). The lowest BCUT2D eigenvalue weighted by atomic mass is 10.1. The quantitative estimate of drug-likeness (QED) is 0.884. The first-order valence-electron chi connectivity index (χ1n) is 6.95. The maximum Gasteiger partial charge on any atom is 0.271 e. The fraction of sp³-hybridized carbons (Fsp3) is 0.235. The van der Waals surface area contributed by atoms with Gasteiger partial charge >= 0.3 is 0 Å². The zero-order chi connectivity index (χ0) is 16.3. The Morgan fingerprint density at radius 3 is 2.55 bits per heavy atom. The molecule has 0 aliphatic rings. The Labute approximate surface area is 128 Å². The number of rotatable bonds is 3. The molecule has 0 fully saturated rings. The molecule has 0 amide bonds. The van der Waals surface area contributed by atoms with E-state index >= 15 is 0 Å². The standard InChI is InChI=1S/C17H17N3O2/c1-4-12-5-7-13(8-6-12)19-10-15-11(2)14(9-18)16(21)20(3)17(15)22/h5-8,10,22H,4H2,1-3H3. The van der Waals surface area contributed by atoms with Gasteiger partial charge in [-0.1, -0.05) is 19.1 Å². The zero-order valence-electron chi connectivity index (χ0n) is 12.8. The van der Waals surface area contributed by atoms with E-state index in [9.17, 15) is 9.90 Å². The molecule has 1 N–H and O–H groups in total. The van der Waals surface area contributed by atoms with Gasteiger partial charge in [0.2, 0.25) is 5.88 Å². The van der Waals surface area contributed by atoms with Crippen molar-refractivity contribution < 1.29 is 5.11 Å². The fourth-order valence-corrected chi connectivity index (χ4v) is 2.15. The third-order valence-electron chi connectivity index (χ3n) is 3.66. The van der Waals surface area contributed by atoms with Gasteiger partial charge in [-0.05, 0) is 36.6 Å². The molecule has 22 heavy (non-hydrogen) atoms. The van der Waals surface area contributed by atoms with Gasteiger partial charge in [-0.3, -0.25) is 14.4 Å². The SMILES string of the molecule is CCc1ccc(N=Cc2c(C)c(C#N)c(=O)n(C)c2O)cc1. The molecule has 5 heteroatoms. The molecule has 0 spiro atoms. The summed E-state index contributed by atoms with van der Waals surface area (Å²) in [7, 11) is 1.42. The fourth-order valence-electron chi connectivity index (χ4n) is 2.15. The van der Waals surface area contributed by atoms with Crippen LogP contribution in [-0.4, -0.2) is 15.9 Å². The lowest BCUT2D eigenvalue weighted by Crippen LogP contribution is -2.22. The van der Waals surface area contributed by atoms with Crippen LogP contribution < -0.4 is 5.56 Å². The molecule has 2 aromatic rings. The van der Waals surface area contributed by atoms with Gasteiger partial charge in [-0.25, -0.2) is 0 Å². The first kappa shape index (κ1) is 15.5. The average molecular weight is 295 g/mol. The molecular formula is C17H17N3O2. The van der Waals surface area contributed by atoms with Crippen molar-refractivity contribution in [3.05, 3.63) is 56.9 Å². The second kappa shape index (κ2) is 6.27. The van der Waals surface area contributed by atoms with Crippen LogP contribution in [0.1, 0.15) is 29.2 Å². The molecule has 0 aliphatic carbocycles. The van der Waals surface area contributed by atoms with Crippen molar-refractivity contribution in [1.29, 1.82) is 5.26 Å². The van der Waals surface area contributed by atoms with E-state index in [0.717, 1.165) is 16.7 Å². The van der Waals surface area contributed by atoms with Crippen LogP contribution in [0.15, 0.2) is 34.1 Å². The smallest absolute Gasteiger partial charge is 0.271 e. The van der Waals surface area contributed by atoms with Crippen molar-refractivity contribution in [2.45, 2.75) is 20.3 Å². The average Bonchev–Trinajstić information content (AvgIpc) is 2.54. The second-order valence-electron chi connectivity index (χ2n) is 4.99. The van der Waals surface area contributed by atoms with Crippen LogP contribution in [0.2, 0.25) is 0 Å². The number of nitrogens with zero attached hydrogens (tertiary/aromatic N) is 3. The first-order valence-corrected chi connectivity index (χ1v) is 6.95. The van der Waals surface area contributed by atoms with Gasteiger partial charge in [-0.2, -0.15) is 5.26 Å². The molecule has 0 saturated heterocycles. The third kappa shape index (κ3) is 2.77. The molecule has 0 saturated carbocycles. The number of benzene rings is 1. The molecular weight excluding hydrogens is 278 g/mol. The van der Waals surface area contributed by atoms with Crippen LogP contribution in [0.5, 0.6) is 5.88 Å². The van der Waals surface area contributed by atoms with Gasteiger partial charge in [0.1, 0.15) is 11.6 Å². The van der Waals surface area contributed by atoms with Crippen LogP contribution in [0.3, 0.4) is 0 Å². The highest BCUT2D eigenvalue weighted by Gasteiger charge is 2.15. The minimum absolute atomic E-state index is 0.0167. The molecule has 1 aromatic carbocycles. The second-order valence-corrected chi connectivity index (χ2v) is 4.99. The maximum absolute atomic E-state index is 11.9. The lowest BCUT2D eigenvalue weighted by Gasteiger charge is -2.09. The highest BCUT2D eigenvalue weighted by Crippen LogP contribution is 2.20. The van der Waals surface area contributed by atoms with Crippen molar-refractivity contribution in [3.8, 4) is 11.9 Å². The number of pyridine rings is 1. The van der Waals surface area contributed by atoms with Crippen molar-refractivity contribution in [2.75, 3.05) is 0 Å². The number of aromatic nitrogens is 1. The summed E-state index contributed by atoms with van der Waals surface area (Å²) in [6.45, 7) is 3.70. The zero-order valence-corrected chi connectivity index (χ0v) is 12.8. The lowest BCUT2D eigenvalue weighted by molar-refractivity contribution is 0.421. The van der Waals surface area contributed by atoms with Crippen LogP contribution in [0.4, 0.5) is 5.69 Å². The number of hydrogen-bond donors (Lipinski definition) is 1. The Balaban J connectivity index is 2.49. The van der Waals surface area contributed by atoms with Crippen molar-refractivity contribution in [3.63, 3.8) is 0 Å². The minimum Gasteiger partial charge on any atom is -0.494 e. The van der Waals surface area contributed by atoms with E-state index in [1.165, 1.54) is 18.8 Å². The van der Waals surface area contributed by atoms with Gasteiger partial charge in [0.15, 0.2) is 0 Å². The van der Waals surface area contributed by atoms with E-state index in [4.69, 9.17) is 5.26 Å². The summed E-state index contributed by atoms with van der Waals surface area (Å²) in [6.07, 6.45) is 2.43. The van der Waals surface area contributed by atoms with Gasteiger partial charge in [0.05, 0.1) is 11.3 Å². The van der Waals surface area contributed by atoms with E-state index < -0.39 is 5.56 Å². The predicted octanol–water partition coefficient (Wildman–Crippen LogP) is 2.58. The summed E-state index contributed by atoms with van der Waals surface area (Å²) in [6, 6.07) is 9.62. The Kier molecular flexibility index (Phi) is 4.42. The molecule has 0 bridgehead atoms. The first-order chi connectivity index (χ1) is 10.5. The molecule has 0 aliphatic heterocycles. The van der Waals surface area contributed by atoms with Crippen LogP contribution >= 0.6 is 0 Å². The van der Waals surface area contributed by atoms with Crippen LogP contribution in [0, 0.1) is 18.3 Å². The van der Waals surface area contributed by atoms with E-state index in [-0.39, 0.29) is 11.4 Å². The number of aromatic hydroxyl groups is 1. The van der Waals surface area contributed by atoms with Gasteiger partial charge in [0.25, 0.3) is 5.56 Å². The Hall–Kier alpha value is -2.87. The predicted molar refractivity (Wildman–Crippen MR) is 85.9 cm³/mol. The minimum atomic E-state index is -0.512. The van der Waals surface area contributed by atoms with E-state index in [2.05, 4.69) is 11.9 Å². The largest absolute Gasteiger partial charge is 0.494 e. The topological polar surface area (TPSA) is 78.4 Å². The summed E-state index contributed by atoms with van der Waals surface area (Å²) in [5.41, 5.74) is 2.26. The third-order valence-corrected chi connectivity index (χ3v) is 3.66. The number of nitriles is 1. The maximum atomic E-state index is 11.9. The normalized spacial score (nSPS) is 10.8. The molecule has 0 atom stereocenters. The van der Waals surface area contributed by atoms with Crippen molar-refractivity contribution >= 4 is 11.9 Å². The van der Waals surface area contributed by atoms with Gasteiger partial charge in [-0.15, -0.1) is 0 Å². The summed E-state index contributed by atoms with van der Waals surface area (Å²) >= 11 is 0.